The molecule has 0 N–H and O–H groups in total. The van der Waals surface area contributed by atoms with E-state index in [9.17, 15) is 4.79 Å². The highest BCUT2D eigenvalue weighted by molar-refractivity contribution is 6.35. The summed E-state index contributed by atoms with van der Waals surface area (Å²) in [7, 11) is 0. The lowest BCUT2D eigenvalue weighted by Gasteiger charge is -2.34. The first-order chi connectivity index (χ1) is 13.6. The highest BCUT2D eigenvalue weighted by Crippen LogP contribution is 2.23. The lowest BCUT2D eigenvalue weighted by atomic mass is 10.1. The van der Waals surface area contributed by atoms with Crippen LogP contribution in [-0.4, -0.2) is 51.7 Å². The van der Waals surface area contributed by atoms with Gasteiger partial charge >= 0.3 is 0 Å². The number of amides is 1. The van der Waals surface area contributed by atoms with E-state index in [2.05, 4.69) is 41.2 Å². The molecule has 1 saturated heterocycles. The zero-order chi connectivity index (χ0) is 19.5. The van der Waals surface area contributed by atoms with Gasteiger partial charge in [0.05, 0.1) is 23.3 Å². The number of hydrogen-bond donors (Lipinski definition) is 0. The SMILES string of the molecule is Cc1ccc(CN2CCN(C(=O)CCn3ncc4c(Cl)cccc43)CC2)cc1. The number of benzene rings is 2. The first-order valence-electron chi connectivity index (χ1n) is 9.76. The molecular formula is C22H25ClN4O. The van der Waals surface area contributed by atoms with Gasteiger partial charge in [0.2, 0.25) is 5.91 Å². The predicted molar refractivity (Wildman–Crippen MR) is 112 cm³/mol. The van der Waals surface area contributed by atoms with Gasteiger partial charge in [-0.25, -0.2) is 0 Å². The van der Waals surface area contributed by atoms with Crippen molar-refractivity contribution in [2.24, 2.45) is 0 Å². The van der Waals surface area contributed by atoms with Gasteiger partial charge in [0.25, 0.3) is 0 Å². The molecule has 0 unspecified atom stereocenters. The Morgan fingerprint density at radius 2 is 1.82 bits per heavy atom. The standard InChI is InChI=1S/C22H25ClN4O/c1-17-5-7-18(8-6-17)16-25-11-13-26(14-12-25)22(28)9-10-27-21-4-2-3-20(23)19(21)15-24-27/h2-8,15H,9-14,16H2,1H3. The fourth-order valence-electron chi connectivity index (χ4n) is 3.71. The molecule has 0 aliphatic carbocycles. The van der Waals surface area contributed by atoms with E-state index in [0.717, 1.165) is 43.6 Å². The Morgan fingerprint density at radius 1 is 1.07 bits per heavy atom. The molecule has 0 radical (unpaired) electrons. The molecule has 5 nitrogen and oxygen atoms in total. The number of piperazine rings is 1. The predicted octanol–water partition coefficient (Wildman–Crippen LogP) is 3.73. The Kier molecular flexibility index (Phi) is 5.64. The van der Waals surface area contributed by atoms with Crippen LogP contribution in [0.5, 0.6) is 0 Å². The van der Waals surface area contributed by atoms with Crippen molar-refractivity contribution >= 4 is 28.4 Å². The number of carbonyl (C=O) groups excluding carboxylic acids is 1. The number of aromatic nitrogens is 2. The topological polar surface area (TPSA) is 41.4 Å². The highest BCUT2D eigenvalue weighted by Gasteiger charge is 2.21. The van der Waals surface area contributed by atoms with E-state index in [1.54, 1.807) is 6.20 Å². The van der Waals surface area contributed by atoms with Gasteiger partial charge in [0.1, 0.15) is 0 Å². The lowest BCUT2D eigenvalue weighted by molar-refractivity contribution is -0.133. The summed E-state index contributed by atoms with van der Waals surface area (Å²) < 4.78 is 1.87. The first kappa shape index (κ1) is 19.0. The molecule has 3 aromatic rings. The van der Waals surface area contributed by atoms with Crippen molar-refractivity contribution in [2.75, 3.05) is 26.2 Å². The number of hydrogen-bond acceptors (Lipinski definition) is 3. The Labute approximate surface area is 170 Å². The van der Waals surface area contributed by atoms with E-state index in [4.69, 9.17) is 11.6 Å². The van der Waals surface area contributed by atoms with Crippen LogP contribution >= 0.6 is 11.6 Å². The smallest absolute Gasteiger partial charge is 0.224 e. The minimum Gasteiger partial charge on any atom is -0.340 e. The van der Waals surface area contributed by atoms with Crippen molar-refractivity contribution in [1.29, 1.82) is 0 Å². The summed E-state index contributed by atoms with van der Waals surface area (Å²) in [6.07, 6.45) is 2.23. The van der Waals surface area contributed by atoms with Crippen LogP contribution in [0.4, 0.5) is 0 Å². The van der Waals surface area contributed by atoms with E-state index >= 15 is 0 Å². The van der Waals surface area contributed by atoms with Gasteiger partial charge in [-0.3, -0.25) is 14.4 Å². The molecule has 1 aliphatic rings. The van der Waals surface area contributed by atoms with E-state index in [0.29, 0.717) is 18.0 Å². The van der Waals surface area contributed by atoms with Crippen LogP contribution < -0.4 is 0 Å². The first-order valence-corrected chi connectivity index (χ1v) is 10.1. The molecular weight excluding hydrogens is 372 g/mol. The third kappa shape index (κ3) is 4.21. The Balaban J connectivity index is 1.28. The van der Waals surface area contributed by atoms with E-state index in [1.165, 1.54) is 11.1 Å². The minimum absolute atomic E-state index is 0.195. The average Bonchev–Trinajstić information content (AvgIpc) is 3.13. The molecule has 0 spiro atoms. The molecule has 2 heterocycles. The summed E-state index contributed by atoms with van der Waals surface area (Å²) in [6, 6.07) is 14.4. The molecule has 28 heavy (non-hydrogen) atoms. The maximum atomic E-state index is 12.6. The third-order valence-electron chi connectivity index (χ3n) is 5.42. The molecule has 0 bridgehead atoms. The van der Waals surface area contributed by atoms with Crippen LogP contribution in [0.2, 0.25) is 5.02 Å². The van der Waals surface area contributed by atoms with Gasteiger partial charge in [0, 0.05) is 44.5 Å². The summed E-state index contributed by atoms with van der Waals surface area (Å²) in [5, 5.41) is 6.02. The van der Waals surface area contributed by atoms with Crippen LogP contribution in [0.1, 0.15) is 17.5 Å². The Hall–Kier alpha value is -2.37. The number of carbonyl (C=O) groups is 1. The minimum atomic E-state index is 0.195. The summed E-state index contributed by atoms with van der Waals surface area (Å²) in [5.41, 5.74) is 3.59. The monoisotopic (exact) mass is 396 g/mol. The van der Waals surface area contributed by atoms with Crippen LogP contribution in [0.25, 0.3) is 10.9 Å². The second-order valence-electron chi connectivity index (χ2n) is 7.43. The van der Waals surface area contributed by atoms with E-state index < -0.39 is 0 Å². The fraction of sp³-hybridized carbons (Fsp3) is 0.364. The van der Waals surface area contributed by atoms with Crippen molar-refractivity contribution in [2.45, 2.75) is 26.4 Å². The average molecular weight is 397 g/mol. The van der Waals surface area contributed by atoms with Crippen molar-refractivity contribution in [3.63, 3.8) is 0 Å². The Morgan fingerprint density at radius 3 is 2.57 bits per heavy atom. The molecule has 1 aromatic heterocycles. The van der Waals surface area contributed by atoms with E-state index in [-0.39, 0.29) is 5.91 Å². The van der Waals surface area contributed by atoms with Crippen LogP contribution in [0, 0.1) is 6.92 Å². The summed E-state index contributed by atoms with van der Waals surface area (Å²) in [5.74, 6) is 0.195. The third-order valence-corrected chi connectivity index (χ3v) is 5.75. The molecule has 6 heteroatoms. The Bertz CT molecular complexity index is 958. The van der Waals surface area contributed by atoms with Crippen molar-refractivity contribution in [3.8, 4) is 0 Å². The molecule has 4 rings (SSSR count). The van der Waals surface area contributed by atoms with Gasteiger partial charge in [-0.05, 0) is 24.6 Å². The van der Waals surface area contributed by atoms with Crippen molar-refractivity contribution in [3.05, 3.63) is 64.8 Å². The number of rotatable bonds is 5. The van der Waals surface area contributed by atoms with Crippen LogP contribution in [-0.2, 0) is 17.9 Å². The van der Waals surface area contributed by atoms with Crippen LogP contribution in [0.15, 0.2) is 48.7 Å². The van der Waals surface area contributed by atoms with Crippen molar-refractivity contribution in [1.82, 2.24) is 19.6 Å². The maximum absolute atomic E-state index is 12.6. The number of nitrogens with zero attached hydrogens (tertiary/aromatic N) is 4. The second-order valence-corrected chi connectivity index (χ2v) is 7.84. The molecule has 1 amide bonds. The number of fused-ring (bicyclic) bond motifs is 1. The quantitative estimate of drug-likeness (QED) is 0.659. The van der Waals surface area contributed by atoms with Gasteiger partial charge in [-0.15, -0.1) is 0 Å². The highest BCUT2D eigenvalue weighted by atomic mass is 35.5. The molecule has 1 aliphatic heterocycles. The van der Waals surface area contributed by atoms with Gasteiger partial charge < -0.3 is 4.90 Å². The van der Waals surface area contributed by atoms with E-state index in [1.807, 2.05) is 27.8 Å². The molecule has 0 atom stereocenters. The normalized spacial score (nSPS) is 15.3. The largest absolute Gasteiger partial charge is 0.340 e. The summed E-state index contributed by atoms with van der Waals surface area (Å²) >= 11 is 6.20. The fourth-order valence-corrected chi connectivity index (χ4v) is 3.93. The summed E-state index contributed by atoms with van der Waals surface area (Å²) in [6.45, 7) is 7.04. The number of halogens is 1. The van der Waals surface area contributed by atoms with Gasteiger partial charge in [0.15, 0.2) is 0 Å². The van der Waals surface area contributed by atoms with Crippen molar-refractivity contribution < 1.29 is 4.79 Å². The zero-order valence-electron chi connectivity index (χ0n) is 16.1. The molecule has 2 aromatic carbocycles. The second kappa shape index (κ2) is 8.33. The molecule has 146 valence electrons. The van der Waals surface area contributed by atoms with Gasteiger partial charge in [-0.2, -0.15) is 5.10 Å². The lowest BCUT2D eigenvalue weighted by Crippen LogP contribution is -2.48. The van der Waals surface area contributed by atoms with Crippen LogP contribution in [0.3, 0.4) is 0 Å². The number of aryl methyl sites for hydroxylation is 2. The maximum Gasteiger partial charge on any atom is 0.224 e. The zero-order valence-corrected chi connectivity index (χ0v) is 16.9. The van der Waals surface area contributed by atoms with Gasteiger partial charge in [-0.1, -0.05) is 47.5 Å². The molecule has 0 saturated carbocycles. The molecule has 1 fully saturated rings. The summed E-state index contributed by atoms with van der Waals surface area (Å²) in [4.78, 5) is 17.0.